The first-order valence-electron chi connectivity index (χ1n) is 8.28. The van der Waals surface area contributed by atoms with Crippen molar-refractivity contribution in [2.45, 2.75) is 30.7 Å². The Balaban J connectivity index is 0.00000261. The summed E-state index contributed by atoms with van der Waals surface area (Å²) in [4.78, 5) is 10.6. The second kappa shape index (κ2) is 7.93. The first kappa shape index (κ1) is 21.3. The molecule has 1 heterocycles. The van der Waals surface area contributed by atoms with E-state index in [1.54, 1.807) is 26.0 Å². The Bertz CT molecular complexity index is 951. The van der Waals surface area contributed by atoms with E-state index in [0.717, 1.165) is 5.56 Å². The molecule has 2 aromatic carbocycles. The second-order valence-corrected chi connectivity index (χ2v) is 8.51. The van der Waals surface area contributed by atoms with E-state index < -0.39 is 14.9 Å². The van der Waals surface area contributed by atoms with Gasteiger partial charge in [0.15, 0.2) is 4.90 Å². The third-order valence-corrected chi connectivity index (χ3v) is 6.88. The van der Waals surface area contributed by atoms with Crippen molar-refractivity contribution >= 4 is 28.1 Å². The van der Waals surface area contributed by atoms with E-state index in [0.29, 0.717) is 11.1 Å². The molecule has 2 atom stereocenters. The number of sulfonamides is 1. The van der Waals surface area contributed by atoms with Gasteiger partial charge in [-0.3, -0.25) is 10.1 Å². The molecule has 2 aromatic rings. The highest BCUT2D eigenvalue weighted by Crippen LogP contribution is 2.36. The summed E-state index contributed by atoms with van der Waals surface area (Å²) in [5.74, 6) is -0.143. The lowest BCUT2D eigenvalue weighted by Gasteiger charge is -2.18. The largest absolute Gasteiger partial charge is 0.326 e. The summed E-state index contributed by atoms with van der Waals surface area (Å²) < 4.78 is 27.7. The van der Waals surface area contributed by atoms with Gasteiger partial charge in [-0.15, -0.1) is 12.4 Å². The van der Waals surface area contributed by atoms with Gasteiger partial charge >= 0.3 is 0 Å². The Morgan fingerprint density at radius 2 is 1.67 bits per heavy atom. The van der Waals surface area contributed by atoms with Gasteiger partial charge in [-0.1, -0.05) is 42.5 Å². The lowest BCUT2D eigenvalue weighted by atomic mass is 9.95. The van der Waals surface area contributed by atoms with E-state index in [4.69, 9.17) is 5.73 Å². The van der Waals surface area contributed by atoms with Crippen molar-refractivity contribution < 1.29 is 13.3 Å². The Morgan fingerprint density at radius 3 is 2.26 bits per heavy atom. The molecule has 0 saturated carbocycles. The fourth-order valence-electron chi connectivity index (χ4n) is 3.49. The normalized spacial score (nSPS) is 20.3. The van der Waals surface area contributed by atoms with Gasteiger partial charge in [0.25, 0.3) is 5.69 Å². The van der Waals surface area contributed by atoms with Crippen LogP contribution in [0.5, 0.6) is 0 Å². The van der Waals surface area contributed by atoms with Gasteiger partial charge in [-0.05, 0) is 25.0 Å². The van der Waals surface area contributed by atoms with E-state index in [1.807, 2.05) is 30.3 Å². The summed E-state index contributed by atoms with van der Waals surface area (Å²) in [7, 11) is -4.03. The molecule has 0 aliphatic carbocycles. The van der Waals surface area contributed by atoms with E-state index >= 15 is 0 Å². The van der Waals surface area contributed by atoms with E-state index in [1.165, 1.54) is 4.31 Å². The van der Waals surface area contributed by atoms with Crippen molar-refractivity contribution in [1.29, 1.82) is 0 Å². The van der Waals surface area contributed by atoms with Crippen molar-refractivity contribution in [3.05, 3.63) is 69.3 Å². The fourth-order valence-corrected chi connectivity index (χ4v) is 5.43. The van der Waals surface area contributed by atoms with Crippen LogP contribution in [-0.4, -0.2) is 36.8 Å². The number of hydrogen-bond donors (Lipinski definition) is 1. The summed E-state index contributed by atoms with van der Waals surface area (Å²) in [5.41, 5.74) is 7.49. The summed E-state index contributed by atoms with van der Waals surface area (Å²) in [6, 6.07) is 12.3. The monoisotopic (exact) mass is 411 g/mol. The molecule has 146 valence electrons. The first-order chi connectivity index (χ1) is 12.2. The number of benzene rings is 2. The van der Waals surface area contributed by atoms with Crippen LogP contribution in [0, 0.1) is 24.0 Å². The smallest absolute Gasteiger partial charge is 0.292 e. The number of aryl methyl sites for hydroxylation is 2. The van der Waals surface area contributed by atoms with Crippen molar-refractivity contribution in [1.82, 2.24) is 4.31 Å². The van der Waals surface area contributed by atoms with Crippen molar-refractivity contribution in [2.24, 2.45) is 5.73 Å². The van der Waals surface area contributed by atoms with Crippen LogP contribution in [0.1, 0.15) is 22.6 Å². The molecule has 9 heteroatoms. The molecule has 0 unspecified atom stereocenters. The molecule has 7 nitrogen and oxygen atoms in total. The van der Waals surface area contributed by atoms with Crippen molar-refractivity contribution in [2.75, 3.05) is 13.1 Å². The molecular formula is C18H22ClN3O4S. The lowest BCUT2D eigenvalue weighted by molar-refractivity contribution is -0.388. The first-order valence-corrected chi connectivity index (χ1v) is 9.72. The van der Waals surface area contributed by atoms with Crippen LogP contribution in [-0.2, 0) is 10.0 Å². The SMILES string of the molecule is Cc1ccc(C)c(S(=O)(=O)N2C[C@@H](N)[C@H](c3ccccc3)C2)c1[N+](=O)[O-].Cl. The fraction of sp³-hybridized carbons (Fsp3) is 0.333. The maximum atomic E-state index is 13.2. The van der Waals surface area contributed by atoms with E-state index in [2.05, 4.69) is 0 Å². The third-order valence-electron chi connectivity index (χ3n) is 4.87. The molecule has 1 fully saturated rings. The molecule has 27 heavy (non-hydrogen) atoms. The van der Waals surface area contributed by atoms with E-state index in [9.17, 15) is 18.5 Å². The number of nitro benzene ring substituents is 1. The van der Waals surface area contributed by atoms with Gasteiger partial charge in [0.2, 0.25) is 10.0 Å². The minimum atomic E-state index is -4.03. The van der Waals surface area contributed by atoms with E-state index in [-0.39, 0.29) is 48.0 Å². The minimum absolute atomic E-state index is 0. The number of hydrogen-bond acceptors (Lipinski definition) is 5. The quantitative estimate of drug-likeness (QED) is 0.614. The topological polar surface area (TPSA) is 107 Å². The molecular weight excluding hydrogens is 390 g/mol. The summed E-state index contributed by atoms with van der Waals surface area (Å²) in [6.45, 7) is 3.45. The van der Waals surface area contributed by atoms with Gasteiger partial charge in [0.1, 0.15) is 0 Å². The van der Waals surface area contributed by atoms with Crippen LogP contribution < -0.4 is 5.73 Å². The van der Waals surface area contributed by atoms with Gasteiger partial charge in [0, 0.05) is 30.6 Å². The average molecular weight is 412 g/mol. The van der Waals surface area contributed by atoms with Crippen molar-refractivity contribution in [3.63, 3.8) is 0 Å². The Labute approximate surface area is 164 Å². The van der Waals surface area contributed by atoms with Crippen LogP contribution in [0.15, 0.2) is 47.4 Å². The van der Waals surface area contributed by atoms with Gasteiger partial charge in [-0.25, -0.2) is 8.42 Å². The molecule has 0 radical (unpaired) electrons. The van der Waals surface area contributed by atoms with Crippen LogP contribution in [0.4, 0.5) is 5.69 Å². The Morgan fingerprint density at radius 1 is 1.07 bits per heavy atom. The average Bonchev–Trinajstić information content (AvgIpc) is 2.99. The molecule has 0 amide bonds. The molecule has 0 aromatic heterocycles. The number of halogens is 1. The molecule has 0 spiro atoms. The zero-order chi connectivity index (χ0) is 19.1. The number of rotatable bonds is 4. The molecule has 1 saturated heterocycles. The third kappa shape index (κ3) is 3.84. The van der Waals surface area contributed by atoms with Gasteiger partial charge in [-0.2, -0.15) is 4.31 Å². The molecule has 2 N–H and O–H groups in total. The molecule has 1 aliphatic heterocycles. The zero-order valence-electron chi connectivity index (χ0n) is 15.0. The Hall–Kier alpha value is -2.00. The zero-order valence-corrected chi connectivity index (χ0v) is 16.7. The maximum Gasteiger partial charge on any atom is 0.292 e. The predicted octanol–water partition coefficient (Wildman–Crippen LogP) is 2.75. The second-order valence-electron chi connectivity index (χ2n) is 6.64. The standard InChI is InChI=1S/C18H21N3O4S.ClH/c1-12-8-9-13(2)18(17(12)21(22)23)26(24,25)20-10-15(16(19)11-20)14-6-4-3-5-7-14;/h3-9,15-16H,10-11,19H2,1-2H3;1H/t15-,16+;/m0./s1. The van der Waals surface area contributed by atoms with Gasteiger partial charge < -0.3 is 5.73 Å². The Kier molecular flexibility index (Phi) is 6.26. The van der Waals surface area contributed by atoms with Crippen LogP contribution in [0.25, 0.3) is 0 Å². The maximum absolute atomic E-state index is 13.2. The molecule has 1 aliphatic rings. The molecule has 0 bridgehead atoms. The number of nitro groups is 1. The predicted molar refractivity (Wildman–Crippen MR) is 106 cm³/mol. The molecule has 3 rings (SSSR count). The number of nitrogens with zero attached hydrogens (tertiary/aromatic N) is 2. The minimum Gasteiger partial charge on any atom is -0.326 e. The highest BCUT2D eigenvalue weighted by atomic mass is 35.5. The van der Waals surface area contributed by atoms with Crippen LogP contribution in [0.2, 0.25) is 0 Å². The number of nitrogens with two attached hydrogens (primary N) is 1. The van der Waals surface area contributed by atoms with Crippen LogP contribution >= 0.6 is 12.4 Å². The highest BCUT2D eigenvalue weighted by molar-refractivity contribution is 7.89. The van der Waals surface area contributed by atoms with Crippen LogP contribution in [0.3, 0.4) is 0 Å². The van der Waals surface area contributed by atoms with Gasteiger partial charge in [0.05, 0.1) is 4.92 Å². The highest BCUT2D eigenvalue weighted by Gasteiger charge is 2.42. The lowest BCUT2D eigenvalue weighted by Crippen LogP contribution is -2.33. The summed E-state index contributed by atoms with van der Waals surface area (Å²) in [6.07, 6.45) is 0. The van der Waals surface area contributed by atoms with Crippen molar-refractivity contribution in [3.8, 4) is 0 Å². The summed E-state index contributed by atoms with van der Waals surface area (Å²) in [5, 5.41) is 11.5. The summed E-state index contributed by atoms with van der Waals surface area (Å²) >= 11 is 0.